The molecule has 0 unspecified atom stereocenters. The van der Waals surface area contributed by atoms with Crippen LogP contribution in [0, 0.1) is 0 Å². The van der Waals surface area contributed by atoms with Gasteiger partial charge in [-0.25, -0.2) is 13.2 Å². The zero-order chi connectivity index (χ0) is 19.2. The van der Waals surface area contributed by atoms with Crippen LogP contribution in [0.15, 0.2) is 29.2 Å². The van der Waals surface area contributed by atoms with Crippen LogP contribution in [-0.4, -0.2) is 39.6 Å². The molecule has 1 aliphatic carbocycles. The van der Waals surface area contributed by atoms with E-state index in [2.05, 4.69) is 4.72 Å². The first-order chi connectivity index (χ1) is 12.3. The molecule has 0 atom stereocenters. The fraction of sp³-hybridized carbons (Fsp3) is 0.556. The maximum absolute atomic E-state index is 12.8. The monoisotopic (exact) mass is 383 g/mol. The molecule has 1 N–H and O–H groups in total. The maximum Gasteiger partial charge on any atom is 0.338 e. The molecule has 26 heavy (non-hydrogen) atoms. The summed E-state index contributed by atoms with van der Waals surface area (Å²) < 4.78 is 38.0. The van der Waals surface area contributed by atoms with Crippen molar-refractivity contribution in [1.82, 2.24) is 4.72 Å². The number of sulfonamides is 1. The predicted octanol–water partition coefficient (Wildman–Crippen LogP) is 2.41. The minimum Gasteiger partial charge on any atom is -0.468 e. The second kappa shape index (κ2) is 8.64. The second-order valence-corrected chi connectivity index (χ2v) is 8.02. The largest absolute Gasteiger partial charge is 0.468 e. The van der Waals surface area contributed by atoms with Gasteiger partial charge in [-0.3, -0.25) is 4.79 Å². The number of carbonyl (C=O) groups is 2. The molecule has 144 valence electrons. The Hall–Kier alpha value is -1.93. The first-order valence-electron chi connectivity index (χ1n) is 8.74. The molecule has 0 saturated heterocycles. The normalized spacial score (nSPS) is 17.2. The summed E-state index contributed by atoms with van der Waals surface area (Å²) in [6, 6.07) is 5.45. The van der Waals surface area contributed by atoms with E-state index in [-0.39, 0.29) is 17.1 Å². The van der Waals surface area contributed by atoms with E-state index in [0.717, 1.165) is 25.7 Å². The van der Waals surface area contributed by atoms with Crippen molar-refractivity contribution in [1.29, 1.82) is 0 Å². The number of methoxy groups -OCH3 is 1. The summed E-state index contributed by atoms with van der Waals surface area (Å²) in [5.74, 6) is -1.08. The minimum atomic E-state index is -3.95. The van der Waals surface area contributed by atoms with Crippen LogP contribution in [0.4, 0.5) is 0 Å². The first kappa shape index (κ1) is 20.4. The molecule has 0 amide bonds. The maximum atomic E-state index is 12.8. The molecule has 1 aliphatic rings. The number of hydrogen-bond donors (Lipinski definition) is 1. The zero-order valence-corrected chi connectivity index (χ0v) is 15.9. The van der Waals surface area contributed by atoms with E-state index in [1.165, 1.54) is 31.4 Å². The van der Waals surface area contributed by atoms with Crippen LogP contribution in [0.3, 0.4) is 0 Å². The van der Waals surface area contributed by atoms with E-state index in [1.54, 1.807) is 6.92 Å². The highest BCUT2D eigenvalue weighted by atomic mass is 32.2. The van der Waals surface area contributed by atoms with Crippen molar-refractivity contribution >= 4 is 22.0 Å². The lowest BCUT2D eigenvalue weighted by molar-refractivity contribution is -0.148. The van der Waals surface area contributed by atoms with Crippen molar-refractivity contribution in [3.63, 3.8) is 0 Å². The third kappa shape index (κ3) is 4.62. The van der Waals surface area contributed by atoms with Gasteiger partial charge in [-0.1, -0.05) is 25.7 Å². The SMILES string of the molecule is CCOC(=O)c1ccc(S(=O)(=O)NC2(C(=O)OC)CCCCCC2)cc1. The molecule has 0 aromatic heterocycles. The molecule has 1 aromatic rings. The lowest BCUT2D eigenvalue weighted by atomic mass is 9.92. The lowest BCUT2D eigenvalue weighted by Crippen LogP contribution is -2.54. The molecule has 1 fully saturated rings. The van der Waals surface area contributed by atoms with Gasteiger partial charge in [0, 0.05) is 0 Å². The van der Waals surface area contributed by atoms with Crippen molar-refractivity contribution in [2.45, 2.75) is 55.9 Å². The molecule has 2 rings (SSSR count). The van der Waals surface area contributed by atoms with Gasteiger partial charge in [-0.15, -0.1) is 0 Å². The van der Waals surface area contributed by atoms with Crippen molar-refractivity contribution in [2.24, 2.45) is 0 Å². The molecule has 1 saturated carbocycles. The van der Waals surface area contributed by atoms with Crippen molar-refractivity contribution in [3.8, 4) is 0 Å². The minimum absolute atomic E-state index is 0.0157. The molecule has 8 heteroatoms. The number of nitrogens with one attached hydrogen (secondary N) is 1. The number of rotatable bonds is 6. The summed E-state index contributed by atoms with van der Waals surface area (Å²) in [6.45, 7) is 1.93. The number of esters is 2. The smallest absolute Gasteiger partial charge is 0.338 e. The van der Waals surface area contributed by atoms with Gasteiger partial charge in [-0.05, 0) is 44.0 Å². The van der Waals surface area contributed by atoms with E-state index < -0.39 is 27.5 Å². The van der Waals surface area contributed by atoms with Crippen LogP contribution in [0.5, 0.6) is 0 Å². The quantitative estimate of drug-likeness (QED) is 0.598. The van der Waals surface area contributed by atoms with Crippen LogP contribution in [0.2, 0.25) is 0 Å². The van der Waals surface area contributed by atoms with E-state index >= 15 is 0 Å². The van der Waals surface area contributed by atoms with Crippen molar-refractivity contribution < 1.29 is 27.5 Å². The first-order valence-corrected chi connectivity index (χ1v) is 10.2. The number of ether oxygens (including phenoxy) is 2. The Balaban J connectivity index is 2.27. The fourth-order valence-corrected chi connectivity index (χ4v) is 4.59. The highest BCUT2D eigenvalue weighted by Gasteiger charge is 2.43. The number of carbonyl (C=O) groups excluding carboxylic acids is 2. The summed E-state index contributed by atoms with van der Waals surface area (Å²) in [5.41, 5.74) is -0.980. The van der Waals surface area contributed by atoms with E-state index in [4.69, 9.17) is 9.47 Å². The van der Waals surface area contributed by atoms with Gasteiger partial charge in [0.05, 0.1) is 24.2 Å². The Morgan fingerprint density at radius 2 is 1.65 bits per heavy atom. The molecule has 7 nitrogen and oxygen atoms in total. The van der Waals surface area contributed by atoms with E-state index in [0.29, 0.717) is 12.8 Å². The van der Waals surface area contributed by atoms with Crippen LogP contribution in [0.25, 0.3) is 0 Å². The molecule has 0 spiro atoms. The van der Waals surface area contributed by atoms with E-state index in [9.17, 15) is 18.0 Å². The molecule has 0 heterocycles. The van der Waals surface area contributed by atoms with E-state index in [1.807, 2.05) is 0 Å². The number of hydrogen-bond acceptors (Lipinski definition) is 6. The summed E-state index contributed by atoms with van der Waals surface area (Å²) in [6.07, 6.45) is 4.21. The van der Waals surface area contributed by atoms with Gasteiger partial charge < -0.3 is 9.47 Å². The summed E-state index contributed by atoms with van der Waals surface area (Å²) in [7, 11) is -2.69. The molecular formula is C18H25NO6S. The second-order valence-electron chi connectivity index (χ2n) is 6.34. The van der Waals surface area contributed by atoms with Crippen LogP contribution < -0.4 is 4.72 Å². The van der Waals surface area contributed by atoms with Gasteiger partial charge in [0.1, 0.15) is 5.54 Å². The predicted molar refractivity (Wildman–Crippen MR) is 95.2 cm³/mol. The van der Waals surface area contributed by atoms with Crippen molar-refractivity contribution in [3.05, 3.63) is 29.8 Å². The highest BCUT2D eigenvalue weighted by Crippen LogP contribution is 2.30. The zero-order valence-electron chi connectivity index (χ0n) is 15.1. The summed E-state index contributed by atoms with van der Waals surface area (Å²) in [5, 5.41) is 0. The average Bonchev–Trinajstić information content (AvgIpc) is 2.87. The highest BCUT2D eigenvalue weighted by molar-refractivity contribution is 7.89. The Bertz CT molecular complexity index is 733. The third-order valence-electron chi connectivity index (χ3n) is 4.54. The van der Waals surface area contributed by atoms with Gasteiger partial charge in [-0.2, -0.15) is 4.72 Å². The molecule has 0 radical (unpaired) electrons. The Morgan fingerprint density at radius 3 is 2.15 bits per heavy atom. The van der Waals surface area contributed by atoms with Crippen LogP contribution >= 0.6 is 0 Å². The third-order valence-corrected chi connectivity index (χ3v) is 6.09. The Labute approximate surface area is 154 Å². The van der Waals surface area contributed by atoms with Crippen LogP contribution in [-0.2, 0) is 24.3 Å². The summed E-state index contributed by atoms with van der Waals surface area (Å²) >= 11 is 0. The molecule has 0 aliphatic heterocycles. The Morgan fingerprint density at radius 1 is 1.08 bits per heavy atom. The number of benzene rings is 1. The fourth-order valence-electron chi connectivity index (χ4n) is 3.18. The topological polar surface area (TPSA) is 98.8 Å². The van der Waals surface area contributed by atoms with Gasteiger partial charge in [0.15, 0.2) is 0 Å². The summed E-state index contributed by atoms with van der Waals surface area (Å²) in [4.78, 5) is 24.0. The van der Waals surface area contributed by atoms with Crippen LogP contribution in [0.1, 0.15) is 55.8 Å². The van der Waals surface area contributed by atoms with Gasteiger partial charge in [0.25, 0.3) is 0 Å². The lowest BCUT2D eigenvalue weighted by Gasteiger charge is -2.30. The Kier molecular flexibility index (Phi) is 6.77. The average molecular weight is 383 g/mol. The molecule has 0 bridgehead atoms. The molecular weight excluding hydrogens is 358 g/mol. The van der Waals surface area contributed by atoms with Crippen molar-refractivity contribution in [2.75, 3.05) is 13.7 Å². The van der Waals surface area contributed by atoms with Gasteiger partial charge >= 0.3 is 11.9 Å². The molecule has 1 aromatic carbocycles. The standard InChI is InChI=1S/C18H25NO6S/c1-3-25-16(20)14-8-10-15(11-9-14)26(22,23)19-18(17(21)24-2)12-6-4-5-7-13-18/h8-11,19H,3-7,12-13H2,1-2H3. The van der Waals surface area contributed by atoms with Gasteiger partial charge in [0.2, 0.25) is 10.0 Å².